The number of nitrogens with zero attached hydrogens (tertiary/aromatic N) is 4. The molecule has 0 atom stereocenters. The Balaban J connectivity index is 1.54. The molecule has 34 heavy (non-hydrogen) atoms. The van der Waals surface area contributed by atoms with Gasteiger partial charge in [0.2, 0.25) is 0 Å². The Bertz CT molecular complexity index is 1170. The molecule has 8 nitrogen and oxygen atoms in total. The molecule has 5 rings (SSSR count). The van der Waals surface area contributed by atoms with E-state index in [1.54, 1.807) is 0 Å². The molecule has 1 fully saturated rings. The first kappa shape index (κ1) is 22.8. The van der Waals surface area contributed by atoms with E-state index in [9.17, 15) is 4.39 Å². The molecule has 182 valence electrons. The van der Waals surface area contributed by atoms with Gasteiger partial charge in [0.1, 0.15) is 19.0 Å². The summed E-state index contributed by atoms with van der Waals surface area (Å²) in [6, 6.07) is 4.25. The van der Waals surface area contributed by atoms with Gasteiger partial charge in [-0.2, -0.15) is 14.4 Å². The lowest BCUT2D eigenvalue weighted by Crippen LogP contribution is -2.25. The molecule has 0 spiro atoms. The number of nitrogens with one attached hydrogen (secondary N) is 1. The minimum Gasteiger partial charge on any atom is -0.486 e. The van der Waals surface area contributed by atoms with Crippen molar-refractivity contribution in [2.24, 2.45) is 5.92 Å². The maximum absolute atomic E-state index is 14.1. The topological polar surface area (TPSA) is 100 Å². The van der Waals surface area contributed by atoms with Gasteiger partial charge in [0.05, 0.1) is 0 Å². The lowest BCUT2D eigenvalue weighted by molar-refractivity contribution is 0.171. The van der Waals surface area contributed by atoms with Crippen LogP contribution in [0.3, 0.4) is 0 Å². The van der Waals surface area contributed by atoms with Crippen molar-refractivity contribution in [1.82, 2.24) is 24.8 Å². The third kappa shape index (κ3) is 4.66. The molecular formula is C25H33FN6O2. The fourth-order valence-electron chi connectivity index (χ4n) is 5.08. The summed E-state index contributed by atoms with van der Waals surface area (Å²) in [4.78, 5) is 12.5. The molecule has 0 amide bonds. The van der Waals surface area contributed by atoms with Crippen LogP contribution in [0.5, 0.6) is 11.5 Å². The summed E-state index contributed by atoms with van der Waals surface area (Å²) in [5.41, 5.74) is 9.37. The highest BCUT2D eigenvalue weighted by Gasteiger charge is 2.26. The van der Waals surface area contributed by atoms with Crippen molar-refractivity contribution >= 4 is 17.0 Å². The summed E-state index contributed by atoms with van der Waals surface area (Å²) in [6.07, 6.45) is 4.56. The average molecular weight is 469 g/mol. The number of hydrogen-bond donors (Lipinski definition) is 2. The molecule has 1 saturated carbocycles. The lowest BCUT2D eigenvalue weighted by Gasteiger charge is -2.23. The van der Waals surface area contributed by atoms with Crippen LogP contribution in [-0.2, 0) is 13.0 Å². The molecule has 0 unspecified atom stereocenters. The number of aromatic nitrogens is 4. The van der Waals surface area contributed by atoms with Crippen LogP contribution in [0.1, 0.15) is 62.4 Å². The van der Waals surface area contributed by atoms with Gasteiger partial charge in [-0.1, -0.05) is 26.7 Å². The van der Waals surface area contributed by atoms with Crippen LogP contribution in [-0.4, -0.2) is 45.8 Å². The van der Waals surface area contributed by atoms with Crippen molar-refractivity contribution < 1.29 is 13.9 Å². The zero-order valence-corrected chi connectivity index (χ0v) is 19.9. The minimum atomic E-state index is -0.834. The molecule has 3 aromatic rings. The molecule has 3 heterocycles. The molecule has 1 aliphatic carbocycles. The molecule has 0 saturated heterocycles. The fraction of sp³-hybridized carbons (Fsp3) is 0.560. The van der Waals surface area contributed by atoms with Crippen LogP contribution < -0.4 is 20.5 Å². The van der Waals surface area contributed by atoms with E-state index >= 15 is 0 Å². The van der Waals surface area contributed by atoms with Crippen molar-refractivity contribution in [2.75, 3.05) is 32.0 Å². The van der Waals surface area contributed by atoms with Crippen LogP contribution in [0.2, 0.25) is 0 Å². The van der Waals surface area contributed by atoms with E-state index in [2.05, 4.69) is 41.3 Å². The van der Waals surface area contributed by atoms with E-state index in [-0.39, 0.29) is 5.82 Å². The number of ether oxygens (including phenoxy) is 2. The normalized spacial score (nSPS) is 16.1. The van der Waals surface area contributed by atoms with Gasteiger partial charge in [-0.05, 0) is 54.5 Å². The Morgan fingerprint density at radius 1 is 1.12 bits per heavy atom. The predicted octanol–water partition coefficient (Wildman–Crippen LogP) is 3.81. The van der Waals surface area contributed by atoms with Crippen LogP contribution in [0.25, 0.3) is 11.2 Å². The molecule has 2 aromatic heterocycles. The lowest BCUT2D eigenvalue weighted by atomic mass is 9.90. The van der Waals surface area contributed by atoms with Crippen molar-refractivity contribution in [3.05, 3.63) is 35.2 Å². The van der Waals surface area contributed by atoms with Crippen molar-refractivity contribution in [3.8, 4) is 11.5 Å². The Kier molecular flexibility index (Phi) is 6.54. The van der Waals surface area contributed by atoms with E-state index < -0.39 is 6.08 Å². The van der Waals surface area contributed by atoms with Gasteiger partial charge in [-0.3, -0.25) is 0 Å². The van der Waals surface area contributed by atoms with Crippen LogP contribution >= 0.6 is 0 Å². The average Bonchev–Trinajstić information content (AvgIpc) is 3.45. The summed E-state index contributed by atoms with van der Waals surface area (Å²) in [5.74, 6) is 3.49. The molecule has 0 radical (unpaired) electrons. The Morgan fingerprint density at radius 2 is 1.85 bits per heavy atom. The van der Waals surface area contributed by atoms with Gasteiger partial charge in [0.25, 0.3) is 0 Å². The maximum Gasteiger partial charge on any atom is 0.312 e. The SMILES string of the molecule is CC(C)CNCCn1c(Cc2cc3c(cc2C2CCCC2)OCCO3)nc2c(N)nc(F)nc21. The van der Waals surface area contributed by atoms with Crippen LogP contribution in [0.15, 0.2) is 12.1 Å². The van der Waals surface area contributed by atoms with Gasteiger partial charge in [-0.25, -0.2) is 4.98 Å². The van der Waals surface area contributed by atoms with E-state index in [0.717, 1.165) is 36.0 Å². The summed E-state index contributed by atoms with van der Waals surface area (Å²) in [5, 5.41) is 3.45. The molecule has 1 aromatic carbocycles. The van der Waals surface area contributed by atoms with Crippen LogP contribution in [0, 0.1) is 12.0 Å². The summed E-state index contributed by atoms with van der Waals surface area (Å²) in [6.45, 7) is 7.68. The molecular weight excluding hydrogens is 435 g/mol. The van der Waals surface area contributed by atoms with E-state index in [1.165, 1.54) is 31.2 Å². The first-order valence-electron chi connectivity index (χ1n) is 12.3. The van der Waals surface area contributed by atoms with E-state index in [0.29, 0.717) is 49.2 Å². The number of anilines is 1. The van der Waals surface area contributed by atoms with Crippen molar-refractivity contribution in [3.63, 3.8) is 0 Å². The molecule has 2 aliphatic rings. The Hall–Kier alpha value is -2.94. The highest BCUT2D eigenvalue weighted by Crippen LogP contribution is 2.42. The molecule has 1 aliphatic heterocycles. The fourth-order valence-corrected chi connectivity index (χ4v) is 5.08. The third-order valence-electron chi connectivity index (χ3n) is 6.69. The number of fused-ring (bicyclic) bond motifs is 2. The number of benzene rings is 1. The van der Waals surface area contributed by atoms with Crippen LogP contribution in [0.4, 0.5) is 10.2 Å². The zero-order valence-electron chi connectivity index (χ0n) is 19.9. The minimum absolute atomic E-state index is 0.0656. The smallest absolute Gasteiger partial charge is 0.312 e. The Labute approximate surface area is 199 Å². The molecule has 0 bridgehead atoms. The first-order chi connectivity index (χ1) is 16.5. The number of halogens is 1. The predicted molar refractivity (Wildman–Crippen MR) is 129 cm³/mol. The zero-order chi connectivity index (χ0) is 23.7. The highest BCUT2D eigenvalue weighted by atomic mass is 19.1. The number of nitrogens with two attached hydrogens (primary N) is 1. The maximum atomic E-state index is 14.1. The van der Waals surface area contributed by atoms with E-state index in [1.807, 2.05) is 4.57 Å². The van der Waals surface area contributed by atoms with Crippen molar-refractivity contribution in [2.45, 2.75) is 58.4 Å². The second-order valence-electron chi connectivity index (χ2n) is 9.68. The van der Waals surface area contributed by atoms with Gasteiger partial charge in [0, 0.05) is 19.5 Å². The monoisotopic (exact) mass is 468 g/mol. The highest BCUT2D eigenvalue weighted by molar-refractivity contribution is 5.82. The second kappa shape index (κ2) is 9.74. The van der Waals surface area contributed by atoms with Gasteiger partial charge >= 0.3 is 6.08 Å². The second-order valence-corrected chi connectivity index (χ2v) is 9.68. The summed E-state index contributed by atoms with van der Waals surface area (Å²) < 4.78 is 27.8. The number of imidazole rings is 1. The van der Waals surface area contributed by atoms with E-state index in [4.69, 9.17) is 20.2 Å². The summed E-state index contributed by atoms with van der Waals surface area (Å²) in [7, 11) is 0. The number of hydrogen-bond acceptors (Lipinski definition) is 7. The standard InChI is InChI=1S/C25H33FN6O2/c1-15(2)14-28-7-8-32-21(29-22-23(27)30-25(26)31-24(22)32)12-17-11-19-20(34-10-9-33-19)13-18(17)16-5-3-4-6-16/h11,13,15-16,28H,3-10,12,14H2,1-2H3,(H2,27,30,31). The van der Waals surface area contributed by atoms with Gasteiger partial charge in [-0.15, -0.1) is 0 Å². The quantitative estimate of drug-likeness (QED) is 0.383. The number of rotatable bonds is 8. The largest absolute Gasteiger partial charge is 0.486 e. The Morgan fingerprint density at radius 3 is 2.59 bits per heavy atom. The first-order valence-corrected chi connectivity index (χ1v) is 12.3. The molecule has 9 heteroatoms. The van der Waals surface area contributed by atoms with Gasteiger partial charge < -0.3 is 25.1 Å². The summed E-state index contributed by atoms with van der Waals surface area (Å²) >= 11 is 0. The van der Waals surface area contributed by atoms with Gasteiger partial charge in [0.15, 0.2) is 28.5 Å². The number of nitrogen functional groups attached to an aromatic ring is 1. The molecule has 3 N–H and O–H groups in total. The van der Waals surface area contributed by atoms with Crippen molar-refractivity contribution in [1.29, 1.82) is 0 Å². The third-order valence-corrected chi connectivity index (χ3v) is 6.69.